The molecule has 172 valence electrons. The lowest BCUT2D eigenvalue weighted by atomic mass is 9.90. The molecule has 0 spiro atoms. The number of hydrogen-bond acceptors (Lipinski definition) is 6. The van der Waals surface area contributed by atoms with Crippen molar-refractivity contribution < 1.29 is 32.5 Å². The summed E-state index contributed by atoms with van der Waals surface area (Å²) in [4.78, 5) is 52.4. The van der Waals surface area contributed by atoms with Crippen molar-refractivity contribution in [3.63, 3.8) is 0 Å². The van der Waals surface area contributed by atoms with Gasteiger partial charge in [-0.25, -0.2) is 0 Å². The Labute approximate surface area is 193 Å². The van der Waals surface area contributed by atoms with Crippen LogP contribution in [0.25, 0.3) is 0 Å². The Morgan fingerprint density at radius 2 is 1.65 bits per heavy atom. The van der Waals surface area contributed by atoms with Gasteiger partial charge in [0.15, 0.2) is 0 Å². The molecule has 2 atom stereocenters. The van der Waals surface area contributed by atoms with Crippen LogP contribution in [0.1, 0.15) is 37.2 Å². The minimum Gasteiger partial charge on any atom is -0.300 e. The van der Waals surface area contributed by atoms with Crippen LogP contribution in [0.5, 0.6) is 0 Å². The highest BCUT2D eigenvalue weighted by atomic mass is 32.1. The Balaban J connectivity index is 1.58. The second-order valence-corrected chi connectivity index (χ2v) is 8.58. The predicted octanol–water partition coefficient (Wildman–Crippen LogP) is 4.43. The van der Waals surface area contributed by atoms with Gasteiger partial charge in [0.1, 0.15) is 17.6 Å². The summed E-state index contributed by atoms with van der Waals surface area (Å²) in [6.45, 7) is 0. The zero-order valence-corrected chi connectivity index (χ0v) is 17.7. The second-order valence-electron chi connectivity index (χ2n) is 7.60. The van der Waals surface area contributed by atoms with E-state index in [9.17, 15) is 37.7 Å². The van der Waals surface area contributed by atoms with E-state index in [-0.39, 0.29) is 11.3 Å². The number of thiophene rings is 1. The van der Waals surface area contributed by atoms with Crippen molar-refractivity contribution in [2.24, 2.45) is 0 Å². The molecule has 5 rings (SSSR count). The fraction of sp³-hybridized carbons (Fsp3) is 0.136. The summed E-state index contributed by atoms with van der Waals surface area (Å²) in [5.74, 6) is -2.63. The summed E-state index contributed by atoms with van der Waals surface area (Å²) in [7, 11) is 0. The zero-order chi connectivity index (χ0) is 24.4. The van der Waals surface area contributed by atoms with Gasteiger partial charge in [-0.1, -0.05) is 18.2 Å². The number of alkyl halides is 3. The molecule has 1 aromatic heterocycles. The number of carbonyl (C=O) groups excluding carboxylic acids is 3. The first-order valence-electron chi connectivity index (χ1n) is 9.80. The van der Waals surface area contributed by atoms with Crippen LogP contribution in [0.15, 0.2) is 60.0 Å². The standard InChI is InChI=1S/C22H12F3N3O5S/c23-22(24,25)11-4-1-5-12(10-11)26-17(15-8-3-9-34-15)18(21(26)31)27-19(29)13-6-2-7-14(28(32)33)16(13)20(27)30/h1-10,17-18H/t17-,18-/m0/s1. The first-order chi connectivity index (χ1) is 16.1. The van der Waals surface area contributed by atoms with Crippen molar-refractivity contribution in [1.29, 1.82) is 0 Å². The minimum atomic E-state index is -4.64. The van der Waals surface area contributed by atoms with Crippen molar-refractivity contribution in [3.8, 4) is 0 Å². The second kappa shape index (κ2) is 7.48. The number of β-lactam (4-membered cyclic amide) rings is 1. The van der Waals surface area contributed by atoms with E-state index in [0.29, 0.717) is 9.78 Å². The Morgan fingerprint density at radius 1 is 0.912 bits per heavy atom. The Kier molecular flexibility index (Phi) is 4.79. The number of benzene rings is 2. The number of fused-ring (bicyclic) bond motifs is 1. The molecule has 3 amide bonds. The SMILES string of the molecule is O=C1c2cccc([N+](=O)[O-])c2C(=O)N1[C@@H]1C(=O)N(c2cccc(C(F)(F)F)c2)[C@H]1c1cccs1. The van der Waals surface area contributed by atoms with Gasteiger partial charge in [-0.3, -0.25) is 34.3 Å². The predicted molar refractivity (Wildman–Crippen MR) is 113 cm³/mol. The van der Waals surface area contributed by atoms with Crippen molar-refractivity contribution >= 4 is 40.4 Å². The lowest BCUT2D eigenvalue weighted by Gasteiger charge is -2.49. The first kappa shape index (κ1) is 21.8. The number of nitro benzene ring substituents is 1. The summed E-state index contributed by atoms with van der Waals surface area (Å²) >= 11 is 1.20. The number of nitro groups is 1. The number of nitrogens with zero attached hydrogens (tertiary/aromatic N) is 3. The number of halogens is 3. The molecule has 2 aromatic carbocycles. The first-order valence-corrected chi connectivity index (χ1v) is 10.7. The highest BCUT2D eigenvalue weighted by molar-refractivity contribution is 7.10. The molecule has 0 bridgehead atoms. The molecule has 1 fully saturated rings. The van der Waals surface area contributed by atoms with E-state index < -0.39 is 57.7 Å². The smallest absolute Gasteiger partial charge is 0.300 e. The maximum absolute atomic E-state index is 13.2. The highest BCUT2D eigenvalue weighted by Crippen LogP contribution is 2.47. The molecule has 0 aliphatic carbocycles. The fourth-order valence-electron chi connectivity index (χ4n) is 4.28. The van der Waals surface area contributed by atoms with Crippen molar-refractivity contribution in [3.05, 3.63) is 91.7 Å². The molecule has 3 heterocycles. The molecule has 0 saturated carbocycles. The van der Waals surface area contributed by atoms with E-state index in [1.807, 2.05) is 0 Å². The largest absolute Gasteiger partial charge is 0.416 e. The van der Waals surface area contributed by atoms with E-state index in [0.717, 1.165) is 29.2 Å². The molecule has 0 radical (unpaired) electrons. The molecule has 0 unspecified atom stereocenters. The molecule has 34 heavy (non-hydrogen) atoms. The number of hydrogen-bond donors (Lipinski definition) is 0. The molecular formula is C22H12F3N3O5S. The third-order valence-corrected chi connectivity index (χ3v) is 6.70. The summed E-state index contributed by atoms with van der Waals surface area (Å²) < 4.78 is 39.7. The third-order valence-electron chi connectivity index (χ3n) is 5.75. The normalized spacial score (nSPS) is 19.9. The molecule has 3 aromatic rings. The molecular weight excluding hydrogens is 475 g/mol. The summed E-state index contributed by atoms with van der Waals surface area (Å²) in [5.41, 5.74) is -2.17. The summed E-state index contributed by atoms with van der Waals surface area (Å²) in [6.07, 6.45) is -4.64. The van der Waals surface area contributed by atoms with E-state index in [4.69, 9.17) is 0 Å². The molecule has 2 aliphatic heterocycles. The topological polar surface area (TPSA) is 101 Å². The lowest BCUT2D eigenvalue weighted by Crippen LogP contribution is -2.67. The summed E-state index contributed by atoms with van der Waals surface area (Å²) in [5, 5.41) is 13.1. The van der Waals surface area contributed by atoms with E-state index >= 15 is 0 Å². The maximum Gasteiger partial charge on any atom is 0.416 e. The van der Waals surface area contributed by atoms with Crippen LogP contribution >= 0.6 is 11.3 Å². The number of imide groups is 1. The fourth-order valence-corrected chi connectivity index (χ4v) is 5.12. The minimum absolute atomic E-state index is 0.0444. The van der Waals surface area contributed by atoms with Crippen LogP contribution in [0.2, 0.25) is 0 Å². The van der Waals surface area contributed by atoms with Crippen LogP contribution in [-0.4, -0.2) is 33.6 Å². The van der Waals surface area contributed by atoms with E-state index in [1.54, 1.807) is 17.5 Å². The van der Waals surface area contributed by atoms with Gasteiger partial charge in [0, 0.05) is 16.6 Å². The van der Waals surface area contributed by atoms with Crippen molar-refractivity contribution in [1.82, 2.24) is 4.90 Å². The number of anilines is 1. The Morgan fingerprint density at radius 3 is 2.29 bits per heavy atom. The van der Waals surface area contributed by atoms with Gasteiger partial charge in [-0.2, -0.15) is 13.2 Å². The van der Waals surface area contributed by atoms with E-state index in [2.05, 4.69) is 0 Å². The van der Waals surface area contributed by atoms with Crippen LogP contribution in [0.4, 0.5) is 24.5 Å². The third kappa shape index (κ3) is 3.10. The van der Waals surface area contributed by atoms with Crippen LogP contribution in [0.3, 0.4) is 0 Å². The average Bonchev–Trinajstić information content (AvgIpc) is 3.40. The average molecular weight is 487 g/mol. The van der Waals surface area contributed by atoms with Gasteiger partial charge < -0.3 is 0 Å². The lowest BCUT2D eigenvalue weighted by molar-refractivity contribution is -0.385. The van der Waals surface area contributed by atoms with Crippen LogP contribution in [0, 0.1) is 10.1 Å². The number of amides is 3. The molecule has 0 N–H and O–H groups in total. The maximum atomic E-state index is 13.2. The highest BCUT2D eigenvalue weighted by Gasteiger charge is 2.58. The molecule has 12 heteroatoms. The van der Waals surface area contributed by atoms with Gasteiger partial charge in [0.2, 0.25) is 0 Å². The van der Waals surface area contributed by atoms with Crippen molar-refractivity contribution in [2.75, 3.05) is 4.90 Å². The Hall–Kier alpha value is -4.06. The van der Waals surface area contributed by atoms with Gasteiger partial charge in [0.05, 0.1) is 16.1 Å². The van der Waals surface area contributed by atoms with E-state index in [1.165, 1.54) is 29.5 Å². The molecule has 2 aliphatic rings. The quantitative estimate of drug-likeness (QED) is 0.235. The Bertz CT molecular complexity index is 1370. The molecule has 8 nitrogen and oxygen atoms in total. The van der Waals surface area contributed by atoms with Gasteiger partial charge >= 0.3 is 6.18 Å². The summed E-state index contributed by atoms with van der Waals surface area (Å²) in [6, 6.07) is 8.78. The number of carbonyl (C=O) groups is 3. The zero-order valence-electron chi connectivity index (χ0n) is 16.9. The van der Waals surface area contributed by atoms with Crippen LogP contribution < -0.4 is 4.90 Å². The monoisotopic (exact) mass is 487 g/mol. The van der Waals surface area contributed by atoms with Crippen LogP contribution in [-0.2, 0) is 11.0 Å². The van der Waals surface area contributed by atoms with Gasteiger partial charge in [-0.15, -0.1) is 11.3 Å². The van der Waals surface area contributed by atoms with Gasteiger partial charge in [0.25, 0.3) is 23.4 Å². The number of rotatable bonds is 4. The van der Waals surface area contributed by atoms with Gasteiger partial charge in [-0.05, 0) is 35.7 Å². The van der Waals surface area contributed by atoms with Crippen molar-refractivity contribution in [2.45, 2.75) is 18.3 Å². The molecule has 1 saturated heterocycles.